The monoisotopic (exact) mass is 275 g/mol. The molecular weight excluding hydrogens is 254 g/mol. The molecule has 0 amide bonds. The highest BCUT2D eigenvalue weighted by Gasteiger charge is 2.16. The topological polar surface area (TPSA) is 94.5 Å². The van der Waals surface area contributed by atoms with Crippen LogP contribution in [0.15, 0.2) is 6.33 Å². The molecule has 0 atom stereocenters. The normalized spacial score (nSPS) is 10.8. The van der Waals surface area contributed by atoms with Crippen LogP contribution in [0.1, 0.15) is 44.4 Å². The highest BCUT2D eigenvalue weighted by Crippen LogP contribution is 2.21. The van der Waals surface area contributed by atoms with Gasteiger partial charge in [0.25, 0.3) is 0 Å². The van der Waals surface area contributed by atoms with Gasteiger partial charge in [-0.25, -0.2) is 20.8 Å². The van der Waals surface area contributed by atoms with Gasteiger partial charge < -0.3 is 5.43 Å². The molecular formula is C13H21N7. The van der Waals surface area contributed by atoms with Crippen molar-refractivity contribution in [3.05, 3.63) is 23.5 Å². The third kappa shape index (κ3) is 2.62. The first-order valence-electron chi connectivity index (χ1n) is 7.00. The van der Waals surface area contributed by atoms with E-state index in [0.29, 0.717) is 5.82 Å². The summed E-state index contributed by atoms with van der Waals surface area (Å²) in [7, 11) is 0. The zero-order chi connectivity index (χ0) is 14.5. The van der Waals surface area contributed by atoms with Crippen molar-refractivity contribution in [3.63, 3.8) is 0 Å². The third-order valence-electron chi connectivity index (χ3n) is 3.11. The van der Waals surface area contributed by atoms with E-state index in [-0.39, 0.29) is 0 Å². The van der Waals surface area contributed by atoms with Crippen LogP contribution in [0.3, 0.4) is 0 Å². The van der Waals surface area contributed by atoms with Gasteiger partial charge in [-0.05, 0) is 6.42 Å². The molecule has 7 heteroatoms. The van der Waals surface area contributed by atoms with Gasteiger partial charge >= 0.3 is 0 Å². The summed E-state index contributed by atoms with van der Waals surface area (Å²) < 4.78 is 1.81. The number of hydrazine groups is 1. The summed E-state index contributed by atoms with van der Waals surface area (Å²) >= 11 is 0. The van der Waals surface area contributed by atoms with Gasteiger partial charge in [-0.3, -0.25) is 0 Å². The first-order chi connectivity index (χ1) is 9.74. The molecule has 20 heavy (non-hydrogen) atoms. The van der Waals surface area contributed by atoms with E-state index in [4.69, 9.17) is 5.84 Å². The molecule has 2 aromatic rings. The van der Waals surface area contributed by atoms with Gasteiger partial charge in [-0.15, -0.1) is 5.10 Å². The molecule has 2 rings (SSSR count). The Bertz CT molecular complexity index is 576. The van der Waals surface area contributed by atoms with Crippen molar-refractivity contribution in [1.29, 1.82) is 0 Å². The van der Waals surface area contributed by atoms with Gasteiger partial charge in [0.05, 0.1) is 0 Å². The van der Waals surface area contributed by atoms with Gasteiger partial charge in [0.1, 0.15) is 18.0 Å². The minimum Gasteiger partial charge on any atom is -0.308 e. The summed E-state index contributed by atoms with van der Waals surface area (Å²) in [6.07, 6.45) is 4.91. The quantitative estimate of drug-likeness (QED) is 0.611. The van der Waals surface area contributed by atoms with E-state index < -0.39 is 0 Å². The van der Waals surface area contributed by atoms with Crippen molar-refractivity contribution in [3.8, 4) is 5.82 Å². The Morgan fingerprint density at radius 3 is 2.60 bits per heavy atom. The number of nitrogens with two attached hydrogens (primary N) is 1. The number of aryl methyl sites for hydroxylation is 2. The maximum Gasteiger partial charge on any atom is 0.164 e. The Morgan fingerprint density at radius 1 is 1.20 bits per heavy atom. The average Bonchev–Trinajstić information content (AvgIpc) is 2.91. The maximum absolute atomic E-state index is 5.54. The van der Waals surface area contributed by atoms with Gasteiger partial charge in [0.15, 0.2) is 11.6 Å². The van der Waals surface area contributed by atoms with E-state index in [1.165, 1.54) is 6.33 Å². The lowest BCUT2D eigenvalue weighted by molar-refractivity contribution is 0.745. The fourth-order valence-electron chi connectivity index (χ4n) is 2.13. The molecule has 7 nitrogen and oxygen atoms in total. The fourth-order valence-corrected chi connectivity index (χ4v) is 2.13. The lowest BCUT2D eigenvalue weighted by atomic mass is 10.1. The van der Waals surface area contributed by atoms with Crippen molar-refractivity contribution in [2.45, 2.75) is 46.5 Å². The zero-order valence-electron chi connectivity index (χ0n) is 12.2. The molecule has 0 aromatic carbocycles. The lowest BCUT2D eigenvalue weighted by Crippen LogP contribution is -2.16. The summed E-state index contributed by atoms with van der Waals surface area (Å²) in [4.78, 5) is 13.1. The highest BCUT2D eigenvalue weighted by atomic mass is 15.4. The Balaban J connectivity index is 2.59. The summed E-state index contributed by atoms with van der Waals surface area (Å²) in [6, 6.07) is 0. The van der Waals surface area contributed by atoms with E-state index in [1.807, 2.05) is 11.6 Å². The molecule has 0 saturated heterocycles. The number of nitrogens with zero attached hydrogens (tertiary/aromatic N) is 5. The van der Waals surface area contributed by atoms with Gasteiger partial charge in [-0.2, -0.15) is 4.68 Å². The molecule has 3 N–H and O–H groups in total. The van der Waals surface area contributed by atoms with Crippen LogP contribution >= 0.6 is 0 Å². The Hall–Kier alpha value is -2.02. The van der Waals surface area contributed by atoms with Crippen LogP contribution < -0.4 is 11.3 Å². The standard InChI is InChI=1S/C13H21N7/c1-4-7-9-12(18-14)15-8-16-13(9)20-11(6-3)17-10(5-2)19-20/h8H,4-7,14H2,1-3H3,(H,15,16,18). The lowest BCUT2D eigenvalue weighted by Gasteiger charge is -2.12. The molecule has 0 saturated carbocycles. The zero-order valence-corrected chi connectivity index (χ0v) is 12.2. The first kappa shape index (κ1) is 14.4. The molecule has 0 spiro atoms. The van der Waals surface area contributed by atoms with Gasteiger partial charge in [0, 0.05) is 18.4 Å². The molecule has 0 fully saturated rings. The molecule has 0 unspecified atom stereocenters. The van der Waals surface area contributed by atoms with Crippen molar-refractivity contribution in [2.24, 2.45) is 5.84 Å². The number of rotatable bonds is 6. The number of nitrogens with one attached hydrogen (secondary N) is 1. The SMILES string of the molecule is CCCc1c(NN)ncnc1-n1nc(CC)nc1CC. The van der Waals surface area contributed by atoms with E-state index in [9.17, 15) is 0 Å². The van der Waals surface area contributed by atoms with Crippen molar-refractivity contribution < 1.29 is 0 Å². The number of nitrogen functional groups attached to an aromatic ring is 1. The van der Waals surface area contributed by atoms with E-state index >= 15 is 0 Å². The van der Waals surface area contributed by atoms with Crippen LogP contribution in [0.4, 0.5) is 5.82 Å². The molecule has 0 bridgehead atoms. The molecule has 2 heterocycles. The number of aromatic nitrogens is 5. The Labute approximate surface area is 118 Å². The molecule has 0 aliphatic carbocycles. The molecule has 0 radical (unpaired) electrons. The predicted octanol–water partition coefficient (Wildman–Crippen LogP) is 1.42. The second-order valence-electron chi connectivity index (χ2n) is 4.48. The first-order valence-corrected chi connectivity index (χ1v) is 7.00. The predicted molar refractivity (Wildman–Crippen MR) is 77.5 cm³/mol. The molecule has 2 aromatic heterocycles. The van der Waals surface area contributed by atoms with Crippen LogP contribution in [0.2, 0.25) is 0 Å². The number of hydrogen-bond acceptors (Lipinski definition) is 6. The van der Waals surface area contributed by atoms with Crippen molar-refractivity contribution in [1.82, 2.24) is 24.7 Å². The van der Waals surface area contributed by atoms with E-state index in [2.05, 4.69) is 39.3 Å². The summed E-state index contributed by atoms with van der Waals surface area (Å²) in [5.74, 6) is 8.68. The Kier molecular flexibility index (Phi) is 4.62. The van der Waals surface area contributed by atoms with Crippen LogP contribution in [0.5, 0.6) is 0 Å². The Morgan fingerprint density at radius 2 is 2.00 bits per heavy atom. The third-order valence-corrected chi connectivity index (χ3v) is 3.11. The fraction of sp³-hybridized carbons (Fsp3) is 0.538. The van der Waals surface area contributed by atoms with Crippen molar-refractivity contribution in [2.75, 3.05) is 5.43 Å². The second-order valence-corrected chi connectivity index (χ2v) is 4.48. The van der Waals surface area contributed by atoms with Crippen LogP contribution in [0, 0.1) is 0 Å². The summed E-state index contributed by atoms with van der Waals surface area (Å²) in [5, 5.41) is 4.53. The average molecular weight is 275 g/mol. The minimum absolute atomic E-state index is 0.646. The van der Waals surface area contributed by atoms with Gasteiger partial charge in [0.2, 0.25) is 0 Å². The van der Waals surface area contributed by atoms with Crippen LogP contribution in [-0.2, 0) is 19.3 Å². The molecule has 0 aliphatic heterocycles. The summed E-state index contributed by atoms with van der Waals surface area (Å²) in [6.45, 7) is 6.21. The van der Waals surface area contributed by atoms with Gasteiger partial charge in [-0.1, -0.05) is 27.2 Å². The van der Waals surface area contributed by atoms with Crippen LogP contribution in [0.25, 0.3) is 5.82 Å². The van der Waals surface area contributed by atoms with E-state index in [0.717, 1.165) is 48.7 Å². The smallest absolute Gasteiger partial charge is 0.164 e. The summed E-state index contributed by atoms with van der Waals surface area (Å²) in [5.41, 5.74) is 3.61. The number of hydrogen-bond donors (Lipinski definition) is 2. The van der Waals surface area contributed by atoms with Crippen LogP contribution in [-0.4, -0.2) is 24.7 Å². The molecule has 0 aliphatic rings. The second kappa shape index (κ2) is 6.42. The molecule has 108 valence electrons. The maximum atomic E-state index is 5.54. The largest absolute Gasteiger partial charge is 0.308 e. The minimum atomic E-state index is 0.646. The number of anilines is 1. The van der Waals surface area contributed by atoms with E-state index in [1.54, 1.807) is 0 Å². The highest BCUT2D eigenvalue weighted by molar-refractivity contribution is 5.51. The van der Waals surface area contributed by atoms with Crippen molar-refractivity contribution >= 4 is 5.82 Å².